The summed E-state index contributed by atoms with van der Waals surface area (Å²) in [5, 5.41) is 4.26. The molecule has 0 aliphatic heterocycles. The Morgan fingerprint density at radius 3 is 3.00 bits per heavy atom. The lowest BCUT2D eigenvalue weighted by Crippen LogP contribution is -2.22. The Balaban J connectivity index is 2.47. The number of halogens is 1. The first-order chi connectivity index (χ1) is 7.22. The smallest absolute Gasteiger partial charge is 0.267 e. The monoisotopic (exact) mass is 222 g/mol. The number of hydrogen-bond acceptors (Lipinski definition) is 1. The van der Waals surface area contributed by atoms with E-state index in [1.807, 2.05) is 19.1 Å². The highest BCUT2D eigenvalue weighted by Gasteiger charge is 2.09. The maximum absolute atomic E-state index is 11.5. The van der Waals surface area contributed by atoms with Gasteiger partial charge in [0.1, 0.15) is 5.69 Å². The topological polar surface area (TPSA) is 44.9 Å². The molecule has 2 N–H and O–H groups in total. The molecular formula is C11H11ClN2O. The molecule has 0 spiro atoms. The van der Waals surface area contributed by atoms with Crippen molar-refractivity contribution in [1.29, 1.82) is 0 Å². The van der Waals surface area contributed by atoms with E-state index >= 15 is 0 Å². The number of carbonyl (C=O) groups is 1. The molecule has 0 bridgehead atoms. The molecule has 1 heterocycles. The molecule has 0 saturated carbocycles. The lowest BCUT2D eigenvalue weighted by Gasteiger charge is -1.96. The fourth-order valence-electron chi connectivity index (χ4n) is 1.50. The summed E-state index contributed by atoms with van der Waals surface area (Å²) >= 11 is 6.00. The molecule has 0 aliphatic carbocycles. The molecule has 0 saturated heterocycles. The first-order valence-corrected chi connectivity index (χ1v) is 5.15. The van der Waals surface area contributed by atoms with Crippen LogP contribution >= 0.6 is 11.6 Å². The second kappa shape index (κ2) is 3.95. The maximum Gasteiger partial charge on any atom is 0.267 e. The van der Waals surface area contributed by atoms with Crippen molar-refractivity contribution in [3.63, 3.8) is 0 Å². The van der Waals surface area contributed by atoms with Crippen molar-refractivity contribution in [2.45, 2.75) is 6.92 Å². The minimum atomic E-state index is -0.107. The molecule has 0 radical (unpaired) electrons. The van der Waals surface area contributed by atoms with Gasteiger partial charge >= 0.3 is 0 Å². The molecule has 1 aromatic heterocycles. The Bertz CT molecular complexity index is 504. The minimum absolute atomic E-state index is 0.107. The van der Waals surface area contributed by atoms with Crippen LogP contribution in [0.15, 0.2) is 24.3 Å². The average Bonchev–Trinajstić information content (AvgIpc) is 2.63. The van der Waals surface area contributed by atoms with E-state index in [0.717, 1.165) is 10.9 Å². The predicted octanol–water partition coefficient (Wildman–Crippen LogP) is 2.57. The Hall–Kier alpha value is -1.48. The highest BCUT2D eigenvalue weighted by molar-refractivity contribution is 6.35. The summed E-state index contributed by atoms with van der Waals surface area (Å²) in [6.07, 6.45) is 0. The molecule has 2 rings (SSSR count). The number of amides is 1. The molecule has 1 amide bonds. The summed E-state index contributed by atoms with van der Waals surface area (Å²) in [6, 6.07) is 7.31. The van der Waals surface area contributed by atoms with E-state index in [1.54, 1.807) is 12.1 Å². The molecule has 0 atom stereocenters. The number of carbonyl (C=O) groups excluding carboxylic acids is 1. The summed E-state index contributed by atoms with van der Waals surface area (Å²) in [7, 11) is 0. The first-order valence-electron chi connectivity index (χ1n) is 4.78. The van der Waals surface area contributed by atoms with Gasteiger partial charge in [0.25, 0.3) is 5.91 Å². The van der Waals surface area contributed by atoms with Crippen LogP contribution in [0.1, 0.15) is 17.4 Å². The van der Waals surface area contributed by atoms with Crippen LogP contribution in [0.25, 0.3) is 10.9 Å². The number of hydrogen-bond donors (Lipinski definition) is 2. The van der Waals surface area contributed by atoms with Crippen LogP contribution in [0.5, 0.6) is 0 Å². The highest BCUT2D eigenvalue weighted by atomic mass is 35.5. The highest BCUT2D eigenvalue weighted by Crippen LogP contribution is 2.23. The van der Waals surface area contributed by atoms with Gasteiger partial charge in [-0.3, -0.25) is 4.79 Å². The van der Waals surface area contributed by atoms with E-state index in [2.05, 4.69) is 10.3 Å². The number of nitrogens with one attached hydrogen (secondary N) is 2. The number of aromatic nitrogens is 1. The van der Waals surface area contributed by atoms with Gasteiger partial charge in [0.2, 0.25) is 0 Å². The number of H-pyrrole nitrogens is 1. The summed E-state index contributed by atoms with van der Waals surface area (Å²) in [5.74, 6) is -0.107. The minimum Gasteiger partial charge on any atom is -0.351 e. The molecule has 0 fully saturated rings. The SMILES string of the molecule is CCNC(=O)c1cc2c(Cl)cccc2[nH]1. The van der Waals surface area contributed by atoms with Crippen LogP contribution in [-0.2, 0) is 0 Å². The van der Waals surface area contributed by atoms with Crippen molar-refractivity contribution in [1.82, 2.24) is 10.3 Å². The predicted molar refractivity (Wildman–Crippen MR) is 61.3 cm³/mol. The van der Waals surface area contributed by atoms with Gasteiger partial charge < -0.3 is 10.3 Å². The van der Waals surface area contributed by atoms with Gasteiger partial charge in [-0.25, -0.2) is 0 Å². The zero-order valence-electron chi connectivity index (χ0n) is 8.30. The molecule has 15 heavy (non-hydrogen) atoms. The summed E-state index contributed by atoms with van der Waals surface area (Å²) < 4.78 is 0. The van der Waals surface area contributed by atoms with E-state index in [0.29, 0.717) is 17.3 Å². The molecular weight excluding hydrogens is 212 g/mol. The van der Waals surface area contributed by atoms with Gasteiger partial charge in [0.15, 0.2) is 0 Å². The molecule has 0 unspecified atom stereocenters. The average molecular weight is 223 g/mol. The number of benzene rings is 1. The van der Waals surface area contributed by atoms with E-state index < -0.39 is 0 Å². The van der Waals surface area contributed by atoms with Crippen LogP contribution in [-0.4, -0.2) is 17.4 Å². The van der Waals surface area contributed by atoms with E-state index in [9.17, 15) is 4.79 Å². The second-order valence-electron chi connectivity index (χ2n) is 3.24. The quantitative estimate of drug-likeness (QED) is 0.806. The van der Waals surface area contributed by atoms with Gasteiger partial charge in [-0.05, 0) is 25.1 Å². The summed E-state index contributed by atoms with van der Waals surface area (Å²) in [6.45, 7) is 2.50. The lowest BCUT2D eigenvalue weighted by molar-refractivity contribution is 0.0951. The van der Waals surface area contributed by atoms with E-state index in [1.165, 1.54) is 0 Å². The van der Waals surface area contributed by atoms with E-state index in [4.69, 9.17) is 11.6 Å². The van der Waals surface area contributed by atoms with Gasteiger partial charge in [-0.1, -0.05) is 17.7 Å². The van der Waals surface area contributed by atoms with Gasteiger partial charge in [-0.15, -0.1) is 0 Å². The second-order valence-corrected chi connectivity index (χ2v) is 3.65. The number of fused-ring (bicyclic) bond motifs is 1. The molecule has 2 aromatic rings. The first kappa shape index (κ1) is 10.1. The van der Waals surface area contributed by atoms with Crippen molar-refractivity contribution < 1.29 is 4.79 Å². The Morgan fingerprint density at radius 2 is 2.33 bits per heavy atom. The van der Waals surface area contributed by atoms with Crippen molar-refractivity contribution in [3.8, 4) is 0 Å². The van der Waals surface area contributed by atoms with Crippen molar-refractivity contribution >= 4 is 28.4 Å². The van der Waals surface area contributed by atoms with Crippen LogP contribution in [0.4, 0.5) is 0 Å². The van der Waals surface area contributed by atoms with Crippen molar-refractivity contribution in [3.05, 3.63) is 35.0 Å². The summed E-state index contributed by atoms with van der Waals surface area (Å²) in [5.41, 5.74) is 1.42. The Kier molecular flexibility index (Phi) is 2.64. The third-order valence-electron chi connectivity index (χ3n) is 2.19. The fourth-order valence-corrected chi connectivity index (χ4v) is 1.73. The normalized spacial score (nSPS) is 10.5. The standard InChI is InChI=1S/C11H11ClN2O/c1-2-13-11(15)10-6-7-8(12)4-3-5-9(7)14-10/h3-6,14H,2H2,1H3,(H,13,15). The van der Waals surface area contributed by atoms with Crippen molar-refractivity contribution in [2.75, 3.05) is 6.54 Å². The van der Waals surface area contributed by atoms with Crippen LogP contribution in [0, 0.1) is 0 Å². The fraction of sp³-hybridized carbons (Fsp3) is 0.182. The van der Waals surface area contributed by atoms with Crippen molar-refractivity contribution in [2.24, 2.45) is 0 Å². The van der Waals surface area contributed by atoms with Crippen LogP contribution in [0.3, 0.4) is 0 Å². The molecule has 0 aliphatic rings. The number of rotatable bonds is 2. The van der Waals surface area contributed by atoms with E-state index in [-0.39, 0.29) is 5.91 Å². The van der Waals surface area contributed by atoms with Gasteiger partial charge in [0, 0.05) is 22.5 Å². The van der Waals surface area contributed by atoms with Gasteiger partial charge in [-0.2, -0.15) is 0 Å². The largest absolute Gasteiger partial charge is 0.351 e. The molecule has 4 heteroatoms. The third-order valence-corrected chi connectivity index (χ3v) is 2.52. The molecule has 1 aromatic carbocycles. The Morgan fingerprint density at radius 1 is 1.53 bits per heavy atom. The number of aromatic amines is 1. The Labute approximate surface area is 92.4 Å². The molecule has 78 valence electrons. The third kappa shape index (κ3) is 1.83. The van der Waals surface area contributed by atoms with Crippen LogP contribution in [0.2, 0.25) is 5.02 Å². The summed E-state index contributed by atoms with van der Waals surface area (Å²) in [4.78, 5) is 14.6. The molecule has 3 nitrogen and oxygen atoms in total. The van der Waals surface area contributed by atoms with Gasteiger partial charge in [0.05, 0.1) is 0 Å². The lowest BCUT2D eigenvalue weighted by atomic mass is 10.2. The zero-order valence-corrected chi connectivity index (χ0v) is 9.06. The zero-order chi connectivity index (χ0) is 10.8. The van der Waals surface area contributed by atoms with Crippen LogP contribution < -0.4 is 5.32 Å². The maximum atomic E-state index is 11.5.